The van der Waals surface area contributed by atoms with Crippen molar-refractivity contribution in [1.29, 1.82) is 0 Å². The number of aromatic nitrogens is 2. The zero-order valence-corrected chi connectivity index (χ0v) is 13.9. The number of piperidine rings is 1. The van der Waals surface area contributed by atoms with Crippen molar-refractivity contribution in [2.75, 3.05) is 31.1 Å². The quantitative estimate of drug-likeness (QED) is 0.940. The molecule has 2 aliphatic heterocycles. The Morgan fingerprint density at radius 1 is 1.25 bits per heavy atom. The van der Waals surface area contributed by atoms with E-state index in [4.69, 9.17) is 0 Å². The summed E-state index contributed by atoms with van der Waals surface area (Å²) >= 11 is 0. The second-order valence-electron chi connectivity index (χ2n) is 6.83. The highest BCUT2D eigenvalue weighted by molar-refractivity contribution is 5.95. The van der Waals surface area contributed by atoms with Crippen molar-refractivity contribution in [1.82, 2.24) is 15.1 Å². The number of carbonyl (C=O) groups excluding carboxylic acids is 1. The van der Waals surface area contributed by atoms with Crippen molar-refractivity contribution in [3.8, 4) is 0 Å². The first-order chi connectivity index (χ1) is 11.8. The zero-order chi connectivity index (χ0) is 16.4. The summed E-state index contributed by atoms with van der Waals surface area (Å²) in [7, 11) is 0. The van der Waals surface area contributed by atoms with E-state index in [1.165, 1.54) is 24.1 Å². The fourth-order valence-corrected chi connectivity index (χ4v) is 3.99. The molecule has 0 unspecified atom stereocenters. The Labute approximate surface area is 142 Å². The van der Waals surface area contributed by atoms with Gasteiger partial charge in [-0.25, -0.2) is 0 Å². The van der Waals surface area contributed by atoms with Crippen molar-refractivity contribution in [2.24, 2.45) is 0 Å². The molecular formula is C19H24N4O. The first-order valence-electron chi connectivity index (χ1n) is 8.91. The molecule has 1 atom stereocenters. The molecule has 0 radical (unpaired) electrons. The van der Waals surface area contributed by atoms with Gasteiger partial charge in [-0.05, 0) is 43.5 Å². The Hall–Kier alpha value is -2.14. The molecule has 2 aromatic rings. The molecule has 126 valence electrons. The molecule has 5 nitrogen and oxygen atoms in total. The molecule has 1 N–H and O–H groups in total. The van der Waals surface area contributed by atoms with Crippen molar-refractivity contribution in [3.05, 3.63) is 47.8 Å². The van der Waals surface area contributed by atoms with Crippen LogP contribution in [0, 0.1) is 0 Å². The lowest BCUT2D eigenvalue weighted by atomic mass is 9.95. The third kappa shape index (κ3) is 3.08. The molecule has 1 fully saturated rings. The Morgan fingerprint density at radius 3 is 3.04 bits per heavy atom. The van der Waals surface area contributed by atoms with Gasteiger partial charge in [0.1, 0.15) is 0 Å². The molecule has 1 saturated heterocycles. The number of fused-ring (bicyclic) bond motifs is 1. The van der Waals surface area contributed by atoms with Gasteiger partial charge in [0.05, 0.1) is 0 Å². The Kier molecular flexibility index (Phi) is 4.34. The normalized spacial score (nSPS) is 21.0. The summed E-state index contributed by atoms with van der Waals surface area (Å²) in [5, 5.41) is 7.16. The molecule has 1 aromatic heterocycles. The predicted molar refractivity (Wildman–Crippen MR) is 94.1 cm³/mol. The van der Waals surface area contributed by atoms with Crippen LogP contribution in [0.4, 0.5) is 5.69 Å². The molecule has 2 aliphatic rings. The van der Waals surface area contributed by atoms with Crippen LogP contribution >= 0.6 is 0 Å². The number of nitrogens with zero attached hydrogens (tertiary/aromatic N) is 3. The van der Waals surface area contributed by atoms with E-state index in [0.717, 1.165) is 38.3 Å². The number of nitrogens with one attached hydrogen (secondary N) is 1. The van der Waals surface area contributed by atoms with E-state index >= 15 is 0 Å². The molecular weight excluding hydrogens is 300 g/mol. The van der Waals surface area contributed by atoms with Gasteiger partial charge < -0.3 is 9.80 Å². The summed E-state index contributed by atoms with van der Waals surface area (Å²) in [6.45, 7) is 3.79. The molecule has 3 heterocycles. The highest BCUT2D eigenvalue weighted by Crippen LogP contribution is 2.28. The molecule has 5 heteroatoms. The standard InChI is InChI=1S/C19H24N4O/c24-19(23-13-8-15-4-1-2-6-18(15)23)9-12-22-11-3-5-16(14-22)17-7-10-20-21-17/h1-2,4,6-7,10,16H,3,5,8-9,11-14H2,(H,20,21)/t16-/m0/s1. The van der Waals surface area contributed by atoms with Crippen LogP contribution in [0.3, 0.4) is 0 Å². The molecule has 24 heavy (non-hydrogen) atoms. The molecule has 1 aromatic carbocycles. The SMILES string of the molecule is O=C(CCN1CCC[C@H](c2ccn[nH]2)C1)N1CCc2ccccc21. The van der Waals surface area contributed by atoms with E-state index in [0.29, 0.717) is 12.3 Å². The lowest BCUT2D eigenvalue weighted by molar-refractivity contribution is -0.118. The Morgan fingerprint density at radius 2 is 2.17 bits per heavy atom. The van der Waals surface area contributed by atoms with Gasteiger partial charge in [0, 0.05) is 49.6 Å². The number of benzene rings is 1. The number of rotatable bonds is 4. The van der Waals surface area contributed by atoms with E-state index in [2.05, 4.69) is 39.4 Å². The molecule has 4 rings (SSSR count). The summed E-state index contributed by atoms with van der Waals surface area (Å²) in [5.41, 5.74) is 3.62. The summed E-state index contributed by atoms with van der Waals surface area (Å²) in [5.74, 6) is 0.771. The monoisotopic (exact) mass is 324 g/mol. The lowest BCUT2D eigenvalue weighted by Crippen LogP contribution is -2.38. The average Bonchev–Trinajstić information content (AvgIpc) is 3.29. The van der Waals surface area contributed by atoms with Crippen LogP contribution in [-0.4, -0.2) is 47.2 Å². The van der Waals surface area contributed by atoms with Crippen molar-refractivity contribution < 1.29 is 4.79 Å². The van der Waals surface area contributed by atoms with Gasteiger partial charge >= 0.3 is 0 Å². The number of anilines is 1. The van der Waals surface area contributed by atoms with Crippen LogP contribution in [0.15, 0.2) is 36.5 Å². The van der Waals surface area contributed by atoms with E-state index < -0.39 is 0 Å². The molecule has 0 bridgehead atoms. The van der Waals surface area contributed by atoms with Gasteiger partial charge in [0.2, 0.25) is 5.91 Å². The number of para-hydroxylation sites is 1. The van der Waals surface area contributed by atoms with Crippen molar-refractivity contribution >= 4 is 11.6 Å². The fourth-order valence-electron chi connectivity index (χ4n) is 3.99. The number of amides is 1. The number of H-pyrrole nitrogens is 1. The topological polar surface area (TPSA) is 52.2 Å². The van der Waals surface area contributed by atoms with Gasteiger partial charge in [0.25, 0.3) is 0 Å². The van der Waals surface area contributed by atoms with Crippen LogP contribution in [0.2, 0.25) is 0 Å². The maximum Gasteiger partial charge on any atom is 0.228 e. The minimum absolute atomic E-state index is 0.253. The van der Waals surface area contributed by atoms with Crippen molar-refractivity contribution in [3.63, 3.8) is 0 Å². The minimum Gasteiger partial charge on any atom is -0.312 e. The van der Waals surface area contributed by atoms with E-state index in [9.17, 15) is 4.79 Å². The molecule has 1 amide bonds. The van der Waals surface area contributed by atoms with Gasteiger partial charge in [-0.1, -0.05) is 18.2 Å². The fraction of sp³-hybridized carbons (Fsp3) is 0.474. The van der Waals surface area contributed by atoms with Gasteiger partial charge in [0.15, 0.2) is 0 Å². The highest BCUT2D eigenvalue weighted by Gasteiger charge is 2.26. The van der Waals surface area contributed by atoms with Gasteiger partial charge in [-0.2, -0.15) is 5.10 Å². The number of hydrogen-bond acceptors (Lipinski definition) is 3. The second kappa shape index (κ2) is 6.77. The van der Waals surface area contributed by atoms with Crippen LogP contribution in [0.5, 0.6) is 0 Å². The molecule has 0 spiro atoms. The largest absolute Gasteiger partial charge is 0.312 e. The lowest BCUT2D eigenvalue weighted by Gasteiger charge is -2.32. The first-order valence-corrected chi connectivity index (χ1v) is 8.91. The van der Waals surface area contributed by atoms with Crippen LogP contribution in [-0.2, 0) is 11.2 Å². The van der Waals surface area contributed by atoms with E-state index in [-0.39, 0.29) is 5.91 Å². The number of hydrogen-bond donors (Lipinski definition) is 1. The maximum absolute atomic E-state index is 12.6. The summed E-state index contributed by atoms with van der Waals surface area (Å²) in [6.07, 6.45) is 5.79. The van der Waals surface area contributed by atoms with Crippen molar-refractivity contribution in [2.45, 2.75) is 31.6 Å². The van der Waals surface area contributed by atoms with E-state index in [1.54, 1.807) is 0 Å². The Balaban J connectivity index is 1.33. The van der Waals surface area contributed by atoms with Crippen LogP contribution in [0.25, 0.3) is 0 Å². The number of likely N-dealkylation sites (tertiary alicyclic amines) is 1. The molecule has 0 aliphatic carbocycles. The van der Waals surface area contributed by atoms with Gasteiger partial charge in [-0.15, -0.1) is 0 Å². The average molecular weight is 324 g/mol. The number of carbonyl (C=O) groups is 1. The van der Waals surface area contributed by atoms with Crippen LogP contribution < -0.4 is 4.90 Å². The minimum atomic E-state index is 0.253. The highest BCUT2D eigenvalue weighted by atomic mass is 16.2. The maximum atomic E-state index is 12.6. The van der Waals surface area contributed by atoms with E-state index in [1.807, 2.05) is 17.2 Å². The predicted octanol–water partition coefficient (Wildman–Crippen LogP) is 2.57. The second-order valence-corrected chi connectivity index (χ2v) is 6.83. The molecule has 0 saturated carbocycles. The smallest absolute Gasteiger partial charge is 0.228 e. The zero-order valence-electron chi connectivity index (χ0n) is 13.9. The third-order valence-electron chi connectivity index (χ3n) is 5.30. The first kappa shape index (κ1) is 15.4. The third-order valence-corrected chi connectivity index (χ3v) is 5.30. The summed E-state index contributed by atoms with van der Waals surface area (Å²) in [6, 6.07) is 10.3. The summed E-state index contributed by atoms with van der Waals surface area (Å²) < 4.78 is 0. The van der Waals surface area contributed by atoms with Crippen LogP contribution in [0.1, 0.15) is 36.4 Å². The van der Waals surface area contributed by atoms with Gasteiger partial charge in [-0.3, -0.25) is 9.89 Å². The number of aromatic amines is 1. The Bertz CT molecular complexity index is 697. The summed E-state index contributed by atoms with van der Waals surface area (Å²) in [4.78, 5) is 17.0.